The maximum Gasteiger partial charge on any atom is 3.00 e. The Morgan fingerprint density at radius 1 is 0.792 bits per heavy atom. The number of hydrogen-bond donors (Lipinski definition) is 0. The normalized spacial score (nSPS) is 8.08. The summed E-state index contributed by atoms with van der Waals surface area (Å²) in [4.78, 5) is 18.7. The summed E-state index contributed by atoms with van der Waals surface area (Å²) in [6.45, 7) is 0.944. The molecule has 0 saturated heterocycles. The van der Waals surface area contributed by atoms with Gasteiger partial charge in [0.25, 0.3) is 0 Å². The van der Waals surface area contributed by atoms with Crippen LogP contribution in [0, 0.1) is 10.2 Å². The van der Waals surface area contributed by atoms with Gasteiger partial charge in [0.15, 0.2) is 11.8 Å². The van der Waals surface area contributed by atoms with Crippen LogP contribution in [-0.4, -0.2) is 64.7 Å². The molecule has 10 N–H and O–H groups in total. The van der Waals surface area contributed by atoms with Crippen molar-refractivity contribution in [3.8, 4) is 0 Å². The van der Waals surface area contributed by atoms with Crippen LogP contribution in [0.4, 0.5) is 0 Å². The Bertz CT molecular complexity index is 224. The van der Waals surface area contributed by atoms with E-state index in [4.69, 9.17) is 75.0 Å². The first-order valence-corrected chi connectivity index (χ1v) is 7.59. The molecule has 24 heavy (non-hydrogen) atoms. The summed E-state index contributed by atoms with van der Waals surface area (Å²) in [7, 11) is -4.44. The number of alkyl halides is 2. The summed E-state index contributed by atoms with van der Waals surface area (Å²) >= 11 is 9.60. The molecule has 0 heterocycles. The molecule has 0 aliphatic rings. The minimum absolute atomic E-state index is 0. The quantitative estimate of drug-likeness (QED) is 0.303. The smallest absolute Gasteiger partial charge is 0.679 e. The second-order valence-electron chi connectivity index (χ2n) is 2.53. The fourth-order valence-electron chi connectivity index (χ4n) is 0. The summed E-state index contributed by atoms with van der Waals surface area (Å²) < 4.78 is 31.5. The summed E-state index contributed by atoms with van der Waals surface area (Å²) in [5, 5.41) is 12.1. The number of halogens is 3. The van der Waals surface area contributed by atoms with Crippen molar-refractivity contribution in [3.05, 3.63) is 22.9 Å². The molecular formula is C8H22Cl3CoN4O8+2. The van der Waals surface area contributed by atoms with E-state index in [2.05, 4.69) is 0 Å². The second kappa shape index (κ2) is 34.4. The van der Waals surface area contributed by atoms with Crippen molar-refractivity contribution in [1.29, 1.82) is 0 Å². The van der Waals surface area contributed by atoms with Crippen molar-refractivity contribution < 1.29 is 65.5 Å². The molecule has 0 aromatic heterocycles. The van der Waals surface area contributed by atoms with Gasteiger partial charge in [-0.2, -0.15) is 26.2 Å². The number of rotatable bonds is 4. The fraction of sp³-hybridized carbons (Fsp3) is 0.750. The van der Waals surface area contributed by atoms with Crippen LogP contribution in [0.2, 0.25) is 0 Å². The topological polar surface area (TPSA) is 267 Å². The van der Waals surface area contributed by atoms with Crippen molar-refractivity contribution in [2.75, 3.05) is 37.9 Å². The Kier molecular flexibility index (Phi) is 56.1. The monoisotopic (exact) mass is 466 g/mol. The van der Waals surface area contributed by atoms with E-state index in [1.54, 1.807) is 0 Å². The van der Waals surface area contributed by atoms with Crippen LogP contribution in [0.1, 0.15) is 0 Å². The van der Waals surface area contributed by atoms with Crippen LogP contribution in [0.5, 0.6) is 0 Å². The minimum Gasteiger partial charge on any atom is -0.679 e. The predicted molar refractivity (Wildman–Crippen MR) is 79.1 cm³/mol. The minimum atomic E-state index is -4.44. The molecule has 0 aliphatic heterocycles. The largest absolute Gasteiger partial charge is 3.00 e. The van der Waals surface area contributed by atoms with Crippen molar-refractivity contribution >= 4 is 35.1 Å². The Morgan fingerprint density at radius 2 is 0.875 bits per heavy atom. The van der Waals surface area contributed by atoms with E-state index in [-0.39, 0.29) is 54.7 Å². The zero-order valence-corrected chi connectivity index (χ0v) is 15.6. The molecular weight excluding hydrogens is 445 g/mol. The molecule has 12 nitrogen and oxygen atoms in total. The van der Waals surface area contributed by atoms with Gasteiger partial charge in [0, 0.05) is 9.59 Å². The van der Waals surface area contributed by atoms with Crippen molar-refractivity contribution in [3.63, 3.8) is 0 Å². The molecule has 0 unspecified atom stereocenters. The van der Waals surface area contributed by atoms with Gasteiger partial charge in [0.2, 0.25) is 0 Å². The average Bonchev–Trinajstić information content (AvgIpc) is 2.46. The van der Waals surface area contributed by atoms with Gasteiger partial charge >= 0.3 is 28.7 Å². The SMILES string of the molecule is O=C([OH2+])CCl.O=C([OH2+])CCl.[Co+3].[NH-]CC[NH-].[NH-]CC[NH-].[O-][Cl+3]([O-])([O-])[OH2+]. The van der Waals surface area contributed by atoms with Crippen molar-refractivity contribution in [2.45, 2.75) is 0 Å². The van der Waals surface area contributed by atoms with Gasteiger partial charge in [0.1, 0.15) is 10.2 Å². The van der Waals surface area contributed by atoms with Gasteiger partial charge in [-0.25, -0.2) is 0 Å². The van der Waals surface area contributed by atoms with Crippen LogP contribution >= 0.6 is 23.2 Å². The Balaban J connectivity index is -0.0000000419. The van der Waals surface area contributed by atoms with E-state index in [1.165, 1.54) is 0 Å². The van der Waals surface area contributed by atoms with E-state index in [0.29, 0.717) is 0 Å². The molecule has 0 bridgehead atoms. The van der Waals surface area contributed by atoms with Crippen molar-refractivity contribution in [1.82, 2.24) is 0 Å². The van der Waals surface area contributed by atoms with E-state index in [0.717, 1.165) is 0 Å². The molecule has 0 amide bonds. The van der Waals surface area contributed by atoms with E-state index < -0.39 is 22.2 Å². The number of hydrogen-bond acceptors (Lipinski definition) is 5. The summed E-state index contributed by atoms with van der Waals surface area (Å²) in [6, 6.07) is 0. The Hall–Kier alpha value is -0.00351. The third-order valence-electron chi connectivity index (χ3n) is 0.493. The predicted octanol–water partition coefficient (Wildman–Crippen LogP) is -3.26. The molecule has 0 rings (SSSR count). The van der Waals surface area contributed by atoms with E-state index in [9.17, 15) is 9.59 Å². The summed E-state index contributed by atoms with van der Waals surface area (Å²) in [5.41, 5.74) is 25.1. The molecule has 16 heteroatoms. The zero-order valence-electron chi connectivity index (χ0n) is 12.3. The Morgan fingerprint density at radius 3 is 0.875 bits per heavy atom. The van der Waals surface area contributed by atoms with Gasteiger partial charge in [-0.05, 0) is 0 Å². The van der Waals surface area contributed by atoms with E-state index >= 15 is 0 Å². The van der Waals surface area contributed by atoms with Crippen LogP contribution < -0.4 is 14.0 Å². The van der Waals surface area contributed by atoms with Crippen LogP contribution in [0.3, 0.4) is 0 Å². The summed E-state index contributed by atoms with van der Waals surface area (Å²) in [5.74, 6) is -1.85. The zero-order chi connectivity index (χ0) is 19.9. The first-order chi connectivity index (χ1) is 10.4. The molecule has 0 aromatic rings. The van der Waals surface area contributed by atoms with Crippen LogP contribution in [-0.2, 0) is 26.4 Å². The third kappa shape index (κ3) is 270. The maximum absolute atomic E-state index is 9.35. The van der Waals surface area contributed by atoms with Crippen molar-refractivity contribution in [2.24, 2.45) is 0 Å². The molecule has 0 saturated carbocycles. The molecule has 0 radical (unpaired) electrons. The van der Waals surface area contributed by atoms with Gasteiger partial charge in [-0.15, -0.1) is 37.2 Å². The molecule has 0 aliphatic carbocycles. The van der Waals surface area contributed by atoms with Gasteiger partial charge in [0.05, 0.1) is 0 Å². The molecule has 0 aromatic carbocycles. The third-order valence-corrected chi connectivity index (χ3v) is 0.978. The number of carbonyl (C=O) groups excluding carboxylic acids is 2. The Labute approximate surface area is 161 Å². The van der Waals surface area contributed by atoms with Gasteiger partial charge < -0.3 is 33.1 Å². The molecule has 0 spiro atoms. The second-order valence-corrected chi connectivity index (χ2v) is 3.91. The van der Waals surface area contributed by atoms with Gasteiger partial charge in [-0.1, -0.05) is 4.66 Å². The molecule has 0 atom stereocenters. The van der Waals surface area contributed by atoms with E-state index in [1.807, 2.05) is 0 Å². The van der Waals surface area contributed by atoms with Crippen LogP contribution in [0.15, 0.2) is 0 Å². The number of carbonyl (C=O) groups is 2. The van der Waals surface area contributed by atoms with Gasteiger partial charge in [-0.3, -0.25) is 0 Å². The number of nitrogens with one attached hydrogen (secondary N) is 4. The average molecular weight is 468 g/mol. The first kappa shape index (κ1) is 39.2. The fourth-order valence-corrected chi connectivity index (χ4v) is 0. The summed E-state index contributed by atoms with van der Waals surface area (Å²) in [6.07, 6.45) is 0. The maximum atomic E-state index is 9.35. The van der Waals surface area contributed by atoms with Crippen LogP contribution in [0.25, 0.3) is 22.9 Å². The molecule has 0 fully saturated rings. The first-order valence-electron chi connectivity index (χ1n) is 5.22. The standard InChI is InChI=1S/2C2H3ClO2.2C2H6N2.ClHO4.Co/c2*3-1-2(4)5;2*3-1-2-4;2-1(3,4)5;/h2*1H2,(H,4,5);2*3-4H,1-2H2;(H,2,3,4,5);/q;;2*-2;;+3/p+1. The molecule has 150 valence electrons.